The highest BCUT2D eigenvalue weighted by Crippen LogP contribution is 2.20. The summed E-state index contributed by atoms with van der Waals surface area (Å²) in [7, 11) is 0. The molecule has 0 amide bonds. The zero-order valence-corrected chi connectivity index (χ0v) is 15.1. The van der Waals surface area contributed by atoms with Crippen molar-refractivity contribution in [1.29, 1.82) is 0 Å². The number of aromatic nitrogens is 1. The first-order valence-electron chi connectivity index (χ1n) is 8.89. The average molecular weight is 341 g/mol. The molecule has 0 radical (unpaired) electrons. The van der Waals surface area contributed by atoms with Gasteiger partial charge < -0.3 is 14.7 Å². The van der Waals surface area contributed by atoms with Gasteiger partial charge in [0.05, 0.1) is 0 Å². The number of piperazine rings is 1. The van der Waals surface area contributed by atoms with Crippen LogP contribution in [0.15, 0.2) is 42.6 Å². The Balaban J connectivity index is 1.43. The number of anilines is 1. The molecule has 0 saturated carbocycles. The molecule has 1 aliphatic heterocycles. The van der Waals surface area contributed by atoms with Crippen LogP contribution in [-0.2, 0) is 0 Å². The van der Waals surface area contributed by atoms with Crippen molar-refractivity contribution >= 4 is 5.82 Å². The van der Waals surface area contributed by atoms with E-state index in [-0.39, 0.29) is 0 Å². The maximum atomic E-state index is 10.3. The summed E-state index contributed by atoms with van der Waals surface area (Å²) < 4.78 is 5.81. The molecule has 0 unspecified atom stereocenters. The van der Waals surface area contributed by atoms with E-state index in [1.165, 1.54) is 5.56 Å². The number of nitrogens with zero attached hydrogens (tertiary/aromatic N) is 3. The summed E-state index contributed by atoms with van der Waals surface area (Å²) in [5.74, 6) is 1.89. The zero-order chi connectivity index (χ0) is 17.6. The fourth-order valence-corrected chi connectivity index (χ4v) is 3.12. The smallest absolute Gasteiger partial charge is 0.128 e. The number of aryl methyl sites for hydroxylation is 1. The molecule has 5 heteroatoms. The molecule has 2 aromatic rings. The van der Waals surface area contributed by atoms with Gasteiger partial charge in [0.1, 0.15) is 24.3 Å². The van der Waals surface area contributed by atoms with Gasteiger partial charge in [0.15, 0.2) is 0 Å². The van der Waals surface area contributed by atoms with Crippen LogP contribution in [0, 0.1) is 13.8 Å². The molecule has 1 aromatic heterocycles. The van der Waals surface area contributed by atoms with Crippen LogP contribution in [0.2, 0.25) is 0 Å². The normalized spacial score (nSPS) is 16.7. The second-order valence-electron chi connectivity index (χ2n) is 6.64. The third kappa shape index (κ3) is 4.71. The van der Waals surface area contributed by atoms with E-state index in [1.54, 1.807) is 0 Å². The van der Waals surface area contributed by atoms with Crippen LogP contribution >= 0.6 is 0 Å². The summed E-state index contributed by atoms with van der Waals surface area (Å²) in [6.07, 6.45) is 1.34. The van der Waals surface area contributed by atoms with Crippen molar-refractivity contribution in [1.82, 2.24) is 9.88 Å². The van der Waals surface area contributed by atoms with Crippen molar-refractivity contribution in [2.75, 3.05) is 44.2 Å². The van der Waals surface area contributed by atoms with Gasteiger partial charge in [-0.05, 0) is 43.2 Å². The van der Waals surface area contributed by atoms with Gasteiger partial charge in [0, 0.05) is 38.9 Å². The molecule has 1 aromatic carbocycles. The third-order valence-electron chi connectivity index (χ3n) is 4.80. The van der Waals surface area contributed by atoms with Gasteiger partial charge in [0.2, 0.25) is 0 Å². The lowest BCUT2D eigenvalue weighted by molar-refractivity contribution is 0.0660. The van der Waals surface area contributed by atoms with Gasteiger partial charge in [-0.25, -0.2) is 4.98 Å². The Morgan fingerprint density at radius 3 is 2.60 bits per heavy atom. The van der Waals surface area contributed by atoms with Gasteiger partial charge in [-0.2, -0.15) is 0 Å². The minimum Gasteiger partial charge on any atom is -0.491 e. The van der Waals surface area contributed by atoms with Crippen LogP contribution in [-0.4, -0.2) is 60.4 Å². The topological polar surface area (TPSA) is 48.8 Å². The van der Waals surface area contributed by atoms with Crippen LogP contribution in [0.25, 0.3) is 0 Å². The van der Waals surface area contributed by atoms with Crippen molar-refractivity contribution < 1.29 is 9.84 Å². The molecular weight excluding hydrogens is 314 g/mol. The van der Waals surface area contributed by atoms with E-state index in [9.17, 15) is 5.11 Å². The minimum atomic E-state index is -0.485. The highest BCUT2D eigenvalue weighted by Gasteiger charge is 2.20. The van der Waals surface area contributed by atoms with Gasteiger partial charge in [-0.1, -0.05) is 18.2 Å². The standard InChI is InChI=1S/C20H27N3O2/c1-16-6-5-7-19(17(16)2)25-15-18(24)14-22-10-12-23(13-11-22)20-8-3-4-9-21-20/h3-9,18,24H,10-15H2,1-2H3/t18-/m0/s1. The van der Waals surface area contributed by atoms with E-state index in [0.29, 0.717) is 13.2 Å². The minimum absolute atomic E-state index is 0.324. The fraction of sp³-hybridized carbons (Fsp3) is 0.450. The Hall–Kier alpha value is -2.11. The van der Waals surface area contributed by atoms with Crippen molar-refractivity contribution in [2.45, 2.75) is 20.0 Å². The molecule has 25 heavy (non-hydrogen) atoms. The monoisotopic (exact) mass is 341 g/mol. The summed E-state index contributed by atoms with van der Waals surface area (Å²) >= 11 is 0. The van der Waals surface area contributed by atoms with Crippen molar-refractivity contribution in [3.05, 3.63) is 53.7 Å². The number of ether oxygens (including phenoxy) is 1. The predicted octanol–water partition coefficient (Wildman–Crippen LogP) is 2.26. The molecule has 1 aliphatic rings. The lowest BCUT2D eigenvalue weighted by Crippen LogP contribution is -2.49. The summed E-state index contributed by atoms with van der Waals surface area (Å²) in [5, 5.41) is 10.3. The number of pyridine rings is 1. The van der Waals surface area contributed by atoms with Crippen LogP contribution in [0.3, 0.4) is 0 Å². The lowest BCUT2D eigenvalue weighted by atomic mass is 10.1. The second-order valence-corrected chi connectivity index (χ2v) is 6.64. The molecule has 5 nitrogen and oxygen atoms in total. The fourth-order valence-electron chi connectivity index (χ4n) is 3.12. The van der Waals surface area contributed by atoms with Gasteiger partial charge >= 0.3 is 0 Å². The molecule has 0 aliphatic carbocycles. The van der Waals surface area contributed by atoms with Crippen molar-refractivity contribution in [2.24, 2.45) is 0 Å². The maximum absolute atomic E-state index is 10.3. The van der Waals surface area contributed by atoms with E-state index >= 15 is 0 Å². The number of hydrogen-bond donors (Lipinski definition) is 1. The average Bonchev–Trinajstić information content (AvgIpc) is 2.64. The van der Waals surface area contributed by atoms with E-state index in [2.05, 4.69) is 27.8 Å². The molecule has 134 valence electrons. The molecule has 1 atom stereocenters. The van der Waals surface area contributed by atoms with E-state index in [0.717, 1.165) is 43.3 Å². The summed E-state index contributed by atoms with van der Waals surface area (Å²) in [6, 6.07) is 12.0. The van der Waals surface area contributed by atoms with E-state index in [4.69, 9.17) is 4.74 Å². The van der Waals surface area contributed by atoms with Gasteiger partial charge in [0.25, 0.3) is 0 Å². The quantitative estimate of drug-likeness (QED) is 0.873. The molecule has 3 rings (SSSR count). The molecule has 2 heterocycles. The zero-order valence-electron chi connectivity index (χ0n) is 15.1. The first-order chi connectivity index (χ1) is 12.1. The Morgan fingerprint density at radius 1 is 1.08 bits per heavy atom. The molecule has 1 saturated heterocycles. The van der Waals surface area contributed by atoms with Gasteiger partial charge in [-0.15, -0.1) is 0 Å². The van der Waals surface area contributed by atoms with Crippen LogP contribution in [0.4, 0.5) is 5.82 Å². The molecule has 0 spiro atoms. The first-order valence-corrected chi connectivity index (χ1v) is 8.89. The molecular formula is C20H27N3O2. The van der Waals surface area contributed by atoms with Crippen LogP contribution in [0.5, 0.6) is 5.75 Å². The Bertz CT molecular complexity index is 670. The predicted molar refractivity (Wildman–Crippen MR) is 100 cm³/mol. The Labute approximate surface area is 149 Å². The number of aliphatic hydroxyl groups excluding tert-OH is 1. The number of benzene rings is 1. The number of rotatable bonds is 6. The number of aliphatic hydroxyl groups is 1. The van der Waals surface area contributed by atoms with Crippen LogP contribution in [0.1, 0.15) is 11.1 Å². The van der Waals surface area contributed by atoms with Crippen molar-refractivity contribution in [3.63, 3.8) is 0 Å². The number of hydrogen-bond acceptors (Lipinski definition) is 5. The summed E-state index contributed by atoms with van der Waals surface area (Å²) in [4.78, 5) is 8.98. The van der Waals surface area contributed by atoms with E-state index < -0.39 is 6.10 Å². The van der Waals surface area contributed by atoms with Crippen molar-refractivity contribution in [3.8, 4) is 5.75 Å². The van der Waals surface area contributed by atoms with E-state index in [1.807, 2.05) is 43.5 Å². The lowest BCUT2D eigenvalue weighted by Gasteiger charge is -2.36. The largest absolute Gasteiger partial charge is 0.491 e. The summed E-state index contributed by atoms with van der Waals surface area (Å²) in [5.41, 5.74) is 2.34. The third-order valence-corrected chi connectivity index (χ3v) is 4.80. The molecule has 1 fully saturated rings. The highest BCUT2D eigenvalue weighted by molar-refractivity contribution is 5.39. The second kappa shape index (κ2) is 8.32. The summed E-state index contributed by atoms with van der Waals surface area (Å²) in [6.45, 7) is 8.80. The molecule has 0 bridgehead atoms. The first kappa shape index (κ1) is 17.7. The number of β-amino-alcohol motifs (C(OH)–C–C–N with tert-alkyl or cyclic N) is 1. The highest BCUT2D eigenvalue weighted by atomic mass is 16.5. The van der Waals surface area contributed by atoms with Gasteiger partial charge in [-0.3, -0.25) is 4.90 Å². The Morgan fingerprint density at radius 2 is 1.88 bits per heavy atom. The molecule has 1 N–H and O–H groups in total. The van der Waals surface area contributed by atoms with Crippen LogP contribution < -0.4 is 9.64 Å². The maximum Gasteiger partial charge on any atom is 0.128 e. The SMILES string of the molecule is Cc1cccc(OC[C@@H](O)CN2CCN(c3ccccn3)CC2)c1C. The Kier molecular flexibility index (Phi) is 5.89.